The van der Waals surface area contributed by atoms with Crippen LogP contribution in [0, 0.1) is 6.92 Å². The summed E-state index contributed by atoms with van der Waals surface area (Å²) in [4.78, 5) is 39.5. The summed E-state index contributed by atoms with van der Waals surface area (Å²) in [6, 6.07) is 17.1. The van der Waals surface area contributed by atoms with Crippen molar-refractivity contribution >= 4 is 28.3 Å². The van der Waals surface area contributed by atoms with E-state index in [0.29, 0.717) is 34.0 Å². The number of ketones is 1. The monoisotopic (exact) mass is 470 g/mol. The number of carbonyl (C=O) groups excluding carboxylic acids is 2. The van der Waals surface area contributed by atoms with Gasteiger partial charge in [0.2, 0.25) is 18.1 Å². The first-order chi connectivity index (χ1) is 16.9. The maximum atomic E-state index is 13.3. The molecule has 2 heterocycles. The Balaban J connectivity index is 1.52. The predicted octanol–water partition coefficient (Wildman–Crippen LogP) is 3.92. The molecule has 0 bridgehead atoms. The van der Waals surface area contributed by atoms with E-state index in [-0.39, 0.29) is 30.2 Å². The van der Waals surface area contributed by atoms with Gasteiger partial charge in [0.05, 0.1) is 23.6 Å². The first kappa shape index (κ1) is 22.2. The number of amides is 1. The zero-order valence-electron chi connectivity index (χ0n) is 19.2. The minimum atomic E-state index is -0.420. The minimum absolute atomic E-state index is 0.0227. The molecule has 0 unspecified atom stereocenters. The van der Waals surface area contributed by atoms with E-state index < -0.39 is 11.2 Å². The third-order valence-corrected chi connectivity index (χ3v) is 5.82. The van der Waals surface area contributed by atoms with Crippen LogP contribution < -0.4 is 25.0 Å². The number of anilines is 1. The summed E-state index contributed by atoms with van der Waals surface area (Å²) >= 11 is 0. The van der Waals surface area contributed by atoms with Crippen molar-refractivity contribution in [2.24, 2.45) is 0 Å². The van der Waals surface area contributed by atoms with Crippen LogP contribution in [0.25, 0.3) is 10.9 Å². The SMILES string of the molecule is COc1ccc2c(c1)c(=O)c(C(=O)c1ccc(C)cc1)cn2CC(=O)Nc1ccc2c(c1)OCO2. The van der Waals surface area contributed by atoms with Crippen LogP contribution in [0.5, 0.6) is 17.2 Å². The molecule has 0 fully saturated rings. The second kappa shape index (κ2) is 8.98. The molecular weight excluding hydrogens is 448 g/mol. The van der Waals surface area contributed by atoms with Crippen LogP contribution in [0.4, 0.5) is 5.69 Å². The second-order valence-corrected chi connectivity index (χ2v) is 8.19. The van der Waals surface area contributed by atoms with E-state index in [1.54, 1.807) is 53.1 Å². The van der Waals surface area contributed by atoms with Crippen LogP contribution in [-0.4, -0.2) is 30.2 Å². The van der Waals surface area contributed by atoms with Gasteiger partial charge in [0.25, 0.3) is 0 Å². The Labute approximate surface area is 200 Å². The van der Waals surface area contributed by atoms with E-state index in [0.717, 1.165) is 5.56 Å². The molecule has 1 amide bonds. The number of aromatic nitrogens is 1. The van der Waals surface area contributed by atoms with Crippen molar-refractivity contribution in [2.45, 2.75) is 13.5 Å². The quantitative estimate of drug-likeness (QED) is 0.429. The van der Waals surface area contributed by atoms with Gasteiger partial charge in [-0.15, -0.1) is 0 Å². The molecule has 8 heteroatoms. The average molecular weight is 470 g/mol. The Morgan fingerprint density at radius 1 is 1.00 bits per heavy atom. The highest BCUT2D eigenvalue weighted by Crippen LogP contribution is 2.34. The van der Waals surface area contributed by atoms with Gasteiger partial charge in [0.15, 0.2) is 17.3 Å². The van der Waals surface area contributed by atoms with Gasteiger partial charge >= 0.3 is 0 Å². The maximum Gasteiger partial charge on any atom is 0.244 e. The average Bonchev–Trinajstić information content (AvgIpc) is 3.33. The molecule has 3 aromatic carbocycles. The van der Waals surface area contributed by atoms with E-state index in [1.807, 2.05) is 19.1 Å². The highest BCUT2D eigenvalue weighted by atomic mass is 16.7. The van der Waals surface area contributed by atoms with Gasteiger partial charge in [0.1, 0.15) is 12.3 Å². The summed E-state index contributed by atoms with van der Waals surface area (Å²) < 4.78 is 17.5. The van der Waals surface area contributed by atoms with Gasteiger partial charge in [-0.2, -0.15) is 0 Å². The van der Waals surface area contributed by atoms with Gasteiger partial charge in [0, 0.05) is 23.5 Å². The number of fused-ring (bicyclic) bond motifs is 2. The molecule has 0 saturated carbocycles. The Morgan fingerprint density at radius 3 is 2.54 bits per heavy atom. The molecule has 0 saturated heterocycles. The van der Waals surface area contributed by atoms with Gasteiger partial charge in [-0.05, 0) is 37.3 Å². The fourth-order valence-corrected chi connectivity index (χ4v) is 3.99. The fourth-order valence-electron chi connectivity index (χ4n) is 3.99. The van der Waals surface area contributed by atoms with E-state index in [1.165, 1.54) is 13.3 Å². The van der Waals surface area contributed by atoms with Crippen LogP contribution in [0.2, 0.25) is 0 Å². The van der Waals surface area contributed by atoms with Crippen LogP contribution in [0.1, 0.15) is 21.5 Å². The van der Waals surface area contributed by atoms with Crippen molar-refractivity contribution in [1.29, 1.82) is 0 Å². The Hall–Kier alpha value is -4.59. The number of ether oxygens (including phenoxy) is 3. The lowest BCUT2D eigenvalue weighted by atomic mass is 10.0. The fraction of sp³-hybridized carbons (Fsp3) is 0.148. The van der Waals surface area contributed by atoms with Crippen LogP contribution >= 0.6 is 0 Å². The molecule has 1 N–H and O–H groups in total. The van der Waals surface area contributed by atoms with Crippen LogP contribution in [0.3, 0.4) is 0 Å². The van der Waals surface area contributed by atoms with Gasteiger partial charge in [-0.1, -0.05) is 29.8 Å². The first-order valence-corrected chi connectivity index (χ1v) is 10.9. The summed E-state index contributed by atoms with van der Waals surface area (Å²) in [6.07, 6.45) is 1.44. The number of aryl methyl sites for hydroxylation is 1. The van der Waals surface area contributed by atoms with Crippen molar-refractivity contribution in [3.05, 3.63) is 93.8 Å². The van der Waals surface area contributed by atoms with E-state index in [2.05, 4.69) is 5.32 Å². The van der Waals surface area contributed by atoms with Gasteiger partial charge in [-0.25, -0.2) is 0 Å². The van der Waals surface area contributed by atoms with Crippen molar-refractivity contribution in [1.82, 2.24) is 4.57 Å². The maximum absolute atomic E-state index is 13.3. The highest BCUT2D eigenvalue weighted by molar-refractivity contribution is 6.10. The van der Waals surface area contributed by atoms with Crippen LogP contribution in [0.15, 0.2) is 71.7 Å². The first-order valence-electron chi connectivity index (χ1n) is 10.9. The summed E-state index contributed by atoms with van der Waals surface area (Å²) in [5.74, 6) is 0.895. The molecule has 0 atom stereocenters. The van der Waals surface area contributed by atoms with Crippen molar-refractivity contribution in [3.8, 4) is 17.2 Å². The molecule has 4 aromatic rings. The zero-order valence-corrected chi connectivity index (χ0v) is 19.2. The highest BCUT2D eigenvalue weighted by Gasteiger charge is 2.19. The third-order valence-electron chi connectivity index (χ3n) is 5.82. The molecule has 1 aromatic heterocycles. The molecule has 0 aliphatic carbocycles. The molecule has 1 aliphatic rings. The predicted molar refractivity (Wildman–Crippen MR) is 131 cm³/mol. The molecule has 35 heavy (non-hydrogen) atoms. The number of methoxy groups -OCH3 is 1. The molecule has 0 spiro atoms. The second-order valence-electron chi connectivity index (χ2n) is 8.19. The zero-order chi connectivity index (χ0) is 24.5. The van der Waals surface area contributed by atoms with Gasteiger partial charge in [-0.3, -0.25) is 14.4 Å². The number of carbonyl (C=O) groups is 2. The van der Waals surface area contributed by atoms with Crippen molar-refractivity contribution in [3.63, 3.8) is 0 Å². The smallest absolute Gasteiger partial charge is 0.244 e. The summed E-state index contributed by atoms with van der Waals surface area (Å²) in [6.45, 7) is 1.94. The lowest BCUT2D eigenvalue weighted by molar-refractivity contribution is -0.116. The summed E-state index contributed by atoms with van der Waals surface area (Å²) in [7, 11) is 1.50. The van der Waals surface area contributed by atoms with Crippen molar-refractivity contribution in [2.75, 3.05) is 19.2 Å². The number of nitrogens with zero attached hydrogens (tertiary/aromatic N) is 1. The topological polar surface area (TPSA) is 95.9 Å². The standard InChI is InChI=1S/C27H22N2O6/c1-16-3-5-17(6-4-16)26(31)21-13-29(22-9-8-19(33-2)12-20(22)27(21)32)14-25(30)28-18-7-10-23-24(11-18)35-15-34-23/h3-13H,14-15H2,1-2H3,(H,28,30). The third kappa shape index (κ3) is 4.33. The molecule has 1 aliphatic heterocycles. The summed E-state index contributed by atoms with van der Waals surface area (Å²) in [5.41, 5.74) is 2.01. The number of hydrogen-bond donors (Lipinski definition) is 1. The van der Waals surface area contributed by atoms with Crippen molar-refractivity contribution < 1.29 is 23.8 Å². The normalized spacial score (nSPS) is 11.9. The molecule has 5 rings (SSSR count). The van der Waals surface area contributed by atoms with E-state index >= 15 is 0 Å². The Morgan fingerprint density at radius 2 is 1.77 bits per heavy atom. The summed E-state index contributed by atoms with van der Waals surface area (Å²) in [5, 5.41) is 3.12. The molecular formula is C27H22N2O6. The number of pyridine rings is 1. The number of hydrogen-bond acceptors (Lipinski definition) is 6. The minimum Gasteiger partial charge on any atom is -0.497 e. The van der Waals surface area contributed by atoms with Gasteiger partial charge < -0.3 is 24.1 Å². The van der Waals surface area contributed by atoms with E-state index in [9.17, 15) is 14.4 Å². The number of nitrogens with one attached hydrogen (secondary N) is 1. The largest absolute Gasteiger partial charge is 0.497 e. The number of rotatable bonds is 6. The Bertz CT molecular complexity index is 1520. The molecule has 176 valence electrons. The van der Waals surface area contributed by atoms with Crippen LogP contribution in [-0.2, 0) is 11.3 Å². The lowest BCUT2D eigenvalue weighted by Gasteiger charge is -2.14. The number of benzene rings is 3. The molecule has 0 radical (unpaired) electrons. The van der Waals surface area contributed by atoms with E-state index in [4.69, 9.17) is 14.2 Å². The lowest BCUT2D eigenvalue weighted by Crippen LogP contribution is -2.24. The Kier molecular flexibility index (Phi) is 5.70. The molecule has 8 nitrogen and oxygen atoms in total.